The molecular weight excluding hydrogens is 313 g/mol. The van der Waals surface area contributed by atoms with Crippen LogP contribution in [0.15, 0.2) is 41.1 Å². The van der Waals surface area contributed by atoms with Gasteiger partial charge in [0.25, 0.3) is 0 Å². The number of fused-ring (bicyclic) bond motifs is 1. The van der Waals surface area contributed by atoms with Gasteiger partial charge in [0.15, 0.2) is 0 Å². The summed E-state index contributed by atoms with van der Waals surface area (Å²) in [5, 5.41) is 0. The van der Waals surface area contributed by atoms with E-state index < -0.39 is 0 Å². The van der Waals surface area contributed by atoms with Gasteiger partial charge in [0, 0.05) is 22.7 Å². The van der Waals surface area contributed by atoms with Crippen molar-refractivity contribution in [3.8, 4) is 11.5 Å². The van der Waals surface area contributed by atoms with Crippen LogP contribution in [0.3, 0.4) is 0 Å². The van der Waals surface area contributed by atoms with Crippen molar-refractivity contribution in [1.29, 1.82) is 0 Å². The molecule has 0 radical (unpaired) electrons. The van der Waals surface area contributed by atoms with Crippen LogP contribution in [0.4, 0.5) is 4.39 Å². The molecule has 1 aliphatic rings. The Balaban J connectivity index is 1.62. The Hall–Kier alpha value is -1.62. The van der Waals surface area contributed by atoms with Crippen LogP contribution in [-0.2, 0) is 6.42 Å². The van der Waals surface area contributed by atoms with Gasteiger partial charge in [-0.2, -0.15) is 0 Å². The first kappa shape index (κ1) is 12.4. The first-order valence-corrected chi connectivity index (χ1v) is 6.68. The van der Waals surface area contributed by atoms with Gasteiger partial charge in [0.05, 0.1) is 6.20 Å². The molecule has 0 N–H and O–H groups in total. The molecule has 1 aliphatic heterocycles. The highest BCUT2D eigenvalue weighted by Crippen LogP contribution is 2.29. The van der Waals surface area contributed by atoms with Crippen molar-refractivity contribution >= 4 is 15.9 Å². The van der Waals surface area contributed by atoms with Crippen LogP contribution in [0.5, 0.6) is 11.5 Å². The Morgan fingerprint density at radius 1 is 1.37 bits per heavy atom. The van der Waals surface area contributed by atoms with Crippen molar-refractivity contribution in [1.82, 2.24) is 4.98 Å². The van der Waals surface area contributed by atoms with Crippen molar-refractivity contribution in [2.75, 3.05) is 6.61 Å². The number of benzene rings is 1. The first-order valence-electron chi connectivity index (χ1n) is 5.89. The summed E-state index contributed by atoms with van der Waals surface area (Å²) in [5.74, 6) is 1.18. The van der Waals surface area contributed by atoms with Crippen molar-refractivity contribution in [3.05, 3.63) is 52.5 Å². The van der Waals surface area contributed by atoms with Crippen LogP contribution < -0.4 is 9.47 Å². The van der Waals surface area contributed by atoms with E-state index in [1.807, 2.05) is 6.07 Å². The lowest BCUT2D eigenvalue weighted by Crippen LogP contribution is -2.22. The number of hydrogen-bond acceptors (Lipinski definition) is 3. The van der Waals surface area contributed by atoms with Crippen molar-refractivity contribution in [2.24, 2.45) is 0 Å². The molecule has 0 bridgehead atoms. The third kappa shape index (κ3) is 2.87. The first-order chi connectivity index (χ1) is 9.20. The number of halogens is 2. The van der Waals surface area contributed by atoms with E-state index in [4.69, 9.17) is 9.47 Å². The molecule has 98 valence electrons. The molecule has 3 nitrogen and oxygen atoms in total. The quantitative estimate of drug-likeness (QED) is 0.867. The standard InChI is InChI=1S/C14H11BrFNO2/c15-10-5-12(7-17-6-10)18-8-13-4-9-3-11(16)1-2-14(9)19-13/h1-3,5-7,13H,4,8H2. The maximum absolute atomic E-state index is 13.1. The summed E-state index contributed by atoms with van der Waals surface area (Å²) in [6.45, 7) is 0.411. The zero-order chi connectivity index (χ0) is 13.2. The molecule has 5 heteroatoms. The largest absolute Gasteiger partial charge is 0.488 e. The second kappa shape index (κ2) is 5.17. The van der Waals surface area contributed by atoms with E-state index in [2.05, 4.69) is 20.9 Å². The van der Waals surface area contributed by atoms with Gasteiger partial charge in [-0.1, -0.05) is 0 Å². The van der Waals surface area contributed by atoms with Crippen LogP contribution in [-0.4, -0.2) is 17.7 Å². The fourth-order valence-electron chi connectivity index (χ4n) is 2.04. The SMILES string of the molecule is Fc1ccc2c(c1)CC(COc1cncc(Br)c1)O2. The van der Waals surface area contributed by atoms with E-state index in [0.29, 0.717) is 18.8 Å². The van der Waals surface area contributed by atoms with Crippen LogP contribution in [0, 0.1) is 5.82 Å². The lowest BCUT2D eigenvalue weighted by Gasteiger charge is -2.12. The number of nitrogens with zero attached hydrogens (tertiary/aromatic N) is 1. The second-order valence-electron chi connectivity index (χ2n) is 4.35. The molecule has 0 saturated carbocycles. The van der Waals surface area contributed by atoms with Gasteiger partial charge in [0.2, 0.25) is 0 Å². The molecule has 0 aliphatic carbocycles. The maximum Gasteiger partial charge on any atom is 0.138 e. The minimum Gasteiger partial charge on any atom is -0.488 e. The molecule has 3 rings (SSSR count). The zero-order valence-corrected chi connectivity index (χ0v) is 11.6. The van der Waals surface area contributed by atoms with Crippen molar-refractivity contribution in [3.63, 3.8) is 0 Å². The summed E-state index contributed by atoms with van der Waals surface area (Å²) in [4.78, 5) is 4.02. The number of ether oxygens (including phenoxy) is 2. The molecule has 2 aromatic rings. The number of rotatable bonds is 3. The maximum atomic E-state index is 13.1. The Morgan fingerprint density at radius 3 is 3.11 bits per heavy atom. The molecule has 19 heavy (non-hydrogen) atoms. The number of aromatic nitrogens is 1. The highest BCUT2D eigenvalue weighted by atomic mass is 79.9. The summed E-state index contributed by atoms with van der Waals surface area (Å²) < 4.78 is 25.3. The monoisotopic (exact) mass is 323 g/mol. The number of hydrogen-bond donors (Lipinski definition) is 0. The summed E-state index contributed by atoms with van der Waals surface area (Å²) in [5.41, 5.74) is 0.890. The minimum atomic E-state index is -0.236. The van der Waals surface area contributed by atoms with Crippen molar-refractivity contribution < 1.29 is 13.9 Å². The van der Waals surface area contributed by atoms with E-state index in [9.17, 15) is 4.39 Å². The van der Waals surface area contributed by atoms with Crippen molar-refractivity contribution in [2.45, 2.75) is 12.5 Å². The molecule has 0 saturated heterocycles. The molecule has 1 aromatic carbocycles. The summed E-state index contributed by atoms with van der Waals surface area (Å²) in [6, 6.07) is 6.41. The van der Waals surface area contributed by atoms with E-state index in [-0.39, 0.29) is 11.9 Å². The molecule has 0 amide bonds. The van der Waals surface area contributed by atoms with E-state index >= 15 is 0 Å². The zero-order valence-electron chi connectivity index (χ0n) is 9.98. The van der Waals surface area contributed by atoms with Gasteiger partial charge in [-0.25, -0.2) is 4.39 Å². The number of pyridine rings is 1. The minimum absolute atomic E-state index is 0.0872. The lowest BCUT2D eigenvalue weighted by molar-refractivity contribution is 0.148. The van der Waals surface area contributed by atoms with Crippen LogP contribution in [0.1, 0.15) is 5.56 Å². The average Bonchev–Trinajstić information content (AvgIpc) is 2.78. The van der Waals surface area contributed by atoms with Gasteiger partial charge < -0.3 is 9.47 Å². The second-order valence-corrected chi connectivity index (χ2v) is 5.26. The predicted octanol–water partition coefficient (Wildman–Crippen LogP) is 3.37. The van der Waals surface area contributed by atoms with Crippen LogP contribution in [0.2, 0.25) is 0 Å². The topological polar surface area (TPSA) is 31.4 Å². The van der Waals surface area contributed by atoms with Crippen LogP contribution in [0.25, 0.3) is 0 Å². The van der Waals surface area contributed by atoms with E-state index in [1.165, 1.54) is 12.1 Å². The van der Waals surface area contributed by atoms with E-state index in [1.54, 1.807) is 18.5 Å². The summed E-state index contributed by atoms with van der Waals surface area (Å²) in [7, 11) is 0. The fraction of sp³-hybridized carbons (Fsp3) is 0.214. The van der Waals surface area contributed by atoms with Gasteiger partial charge in [-0.05, 0) is 40.2 Å². The molecular formula is C14H11BrFNO2. The molecule has 1 aromatic heterocycles. The highest BCUT2D eigenvalue weighted by molar-refractivity contribution is 9.10. The summed E-state index contributed by atoms with van der Waals surface area (Å²) >= 11 is 3.33. The van der Waals surface area contributed by atoms with Gasteiger partial charge in [-0.3, -0.25) is 4.98 Å². The third-order valence-corrected chi connectivity index (χ3v) is 3.31. The normalized spacial score (nSPS) is 16.8. The average molecular weight is 324 g/mol. The van der Waals surface area contributed by atoms with Gasteiger partial charge >= 0.3 is 0 Å². The fourth-order valence-corrected chi connectivity index (χ4v) is 2.39. The molecule has 2 heterocycles. The predicted molar refractivity (Wildman–Crippen MR) is 72.0 cm³/mol. The summed E-state index contributed by atoms with van der Waals surface area (Å²) in [6.07, 6.45) is 3.91. The van der Waals surface area contributed by atoms with Gasteiger partial charge in [-0.15, -0.1) is 0 Å². The van der Waals surface area contributed by atoms with E-state index in [0.717, 1.165) is 15.8 Å². The Bertz CT molecular complexity index is 606. The third-order valence-electron chi connectivity index (χ3n) is 2.88. The Morgan fingerprint density at radius 2 is 2.26 bits per heavy atom. The van der Waals surface area contributed by atoms with Gasteiger partial charge in [0.1, 0.15) is 30.0 Å². The molecule has 0 spiro atoms. The smallest absolute Gasteiger partial charge is 0.138 e. The molecule has 1 atom stereocenters. The lowest BCUT2D eigenvalue weighted by atomic mass is 10.1. The Labute approximate surface area is 118 Å². The Kier molecular flexibility index (Phi) is 3.38. The van der Waals surface area contributed by atoms with Crippen LogP contribution >= 0.6 is 15.9 Å². The highest BCUT2D eigenvalue weighted by Gasteiger charge is 2.23. The molecule has 0 fully saturated rings. The molecule has 1 unspecified atom stereocenters.